The molecule has 3 nitrogen and oxygen atoms in total. The fourth-order valence-electron chi connectivity index (χ4n) is 1.78. The van der Waals surface area contributed by atoms with Crippen LogP contribution < -0.4 is 5.46 Å². The van der Waals surface area contributed by atoms with Gasteiger partial charge in [0.15, 0.2) is 0 Å². The summed E-state index contributed by atoms with van der Waals surface area (Å²) >= 11 is 2.99. The molecule has 0 atom stereocenters. The van der Waals surface area contributed by atoms with Crippen molar-refractivity contribution in [3.8, 4) is 0 Å². The highest BCUT2D eigenvalue weighted by Crippen LogP contribution is 2.37. The highest BCUT2D eigenvalue weighted by Gasteiger charge is 2.52. The fraction of sp³-hybridized carbons (Fsp3) is 0.583. The maximum Gasteiger partial charge on any atom is 0.495 e. The molecule has 0 radical (unpaired) electrons. The number of hydrogen-bond acceptors (Lipinski definition) is 3. The molecule has 110 valence electrons. The van der Waals surface area contributed by atoms with Gasteiger partial charge in [-0.1, -0.05) is 0 Å². The Bertz CT molecular complexity index is 518. The van der Waals surface area contributed by atoms with Gasteiger partial charge in [-0.25, -0.2) is 4.98 Å². The normalized spacial score (nSPS) is 21.3. The van der Waals surface area contributed by atoms with Gasteiger partial charge in [0.1, 0.15) is 10.3 Å². The van der Waals surface area contributed by atoms with Crippen molar-refractivity contribution in [1.29, 1.82) is 0 Å². The summed E-state index contributed by atoms with van der Waals surface area (Å²) in [6.07, 6.45) is -4.51. The second-order valence-corrected chi connectivity index (χ2v) is 6.51. The zero-order chi connectivity index (χ0) is 15.3. The van der Waals surface area contributed by atoms with E-state index in [0.717, 1.165) is 6.07 Å². The minimum Gasteiger partial charge on any atom is -0.399 e. The Morgan fingerprint density at radius 3 is 2.05 bits per heavy atom. The second-order valence-electron chi connectivity index (χ2n) is 5.69. The van der Waals surface area contributed by atoms with E-state index >= 15 is 0 Å². The molecule has 1 aliphatic heterocycles. The molecule has 0 amide bonds. The summed E-state index contributed by atoms with van der Waals surface area (Å²) in [5, 5.41) is 0. The molecule has 0 N–H and O–H groups in total. The van der Waals surface area contributed by atoms with Crippen molar-refractivity contribution in [3.05, 3.63) is 22.4 Å². The van der Waals surface area contributed by atoms with Gasteiger partial charge < -0.3 is 9.31 Å². The van der Waals surface area contributed by atoms with Crippen LogP contribution in [0.4, 0.5) is 13.2 Å². The highest BCUT2D eigenvalue weighted by molar-refractivity contribution is 9.10. The van der Waals surface area contributed by atoms with Crippen molar-refractivity contribution >= 4 is 28.5 Å². The third kappa shape index (κ3) is 2.87. The van der Waals surface area contributed by atoms with Crippen LogP contribution in [0, 0.1) is 0 Å². The average molecular weight is 352 g/mol. The molecule has 8 heteroatoms. The molecular weight excluding hydrogens is 338 g/mol. The Morgan fingerprint density at radius 2 is 1.60 bits per heavy atom. The lowest BCUT2D eigenvalue weighted by molar-refractivity contribution is -0.141. The van der Waals surface area contributed by atoms with Crippen molar-refractivity contribution in [2.45, 2.75) is 45.1 Å². The molecule has 1 fully saturated rings. The van der Waals surface area contributed by atoms with E-state index in [4.69, 9.17) is 9.31 Å². The van der Waals surface area contributed by atoms with Crippen LogP contribution in [0.3, 0.4) is 0 Å². The van der Waals surface area contributed by atoms with Gasteiger partial charge in [-0.3, -0.25) is 0 Å². The largest absolute Gasteiger partial charge is 0.495 e. The summed E-state index contributed by atoms with van der Waals surface area (Å²) in [5.74, 6) is 0. The first kappa shape index (κ1) is 15.8. The molecule has 2 rings (SSSR count). The van der Waals surface area contributed by atoms with Crippen LogP contribution >= 0.6 is 15.9 Å². The van der Waals surface area contributed by atoms with Gasteiger partial charge in [0, 0.05) is 0 Å². The highest BCUT2D eigenvalue weighted by atomic mass is 79.9. The topological polar surface area (TPSA) is 31.4 Å². The lowest BCUT2D eigenvalue weighted by Gasteiger charge is -2.32. The zero-order valence-corrected chi connectivity index (χ0v) is 13.1. The van der Waals surface area contributed by atoms with Gasteiger partial charge in [-0.15, -0.1) is 0 Å². The standard InChI is InChI=1S/C12H14BBrF3NO2/c1-10(2)11(3,4)20-13(19-10)7-5-8(12(15,16)17)18-9(14)6-7/h5-6H,1-4H3. The van der Waals surface area contributed by atoms with Crippen LogP contribution in [-0.4, -0.2) is 23.3 Å². The molecule has 1 aromatic heterocycles. The van der Waals surface area contributed by atoms with E-state index in [1.165, 1.54) is 6.07 Å². The Balaban J connectivity index is 2.38. The van der Waals surface area contributed by atoms with E-state index in [-0.39, 0.29) is 10.1 Å². The Kier molecular flexibility index (Phi) is 3.72. The SMILES string of the molecule is CC1(C)OB(c2cc(Br)nc(C(F)(F)F)c2)OC1(C)C. The number of halogens is 4. The minimum absolute atomic E-state index is 0.0945. The fourth-order valence-corrected chi connectivity index (χ4v) is 2.23. The molecular formula is C12H14BBrF3NO2. The molecule has 2 heterocycles. The number of pyridine rings is 1. The molecule has 0 saturated carbocycles. The summed E-state index contributed by atoms with van der Waals surface area (Å²) in [6, 6.07) is 2.42. The van der Waals surface area contributed by atoms with Crippen molar-refractivity contribution in [2.24, 2.45) is 0 Å². The number of hydrogen-bond donors (Lipinski definition) is 0. The van der Waals surface area contributed by atoms with E-state index in [1.54, 1.807) is 0 Å². The van der Waals surface area contributed by atoms with E-state index in [0.29, 0.717) is 0 Å². The lowest BCUT2D eigenvalue weighted by atomic mass is 9.79. The summed E-state index contributed by atoms with van der Waals surface area (Å²) in [7, 11) is -0.847. The molecule has 1 aliphatic rings. The first-order valence-electron chi connectivity index (χ1n) is 6.03. The second kappa shape index (κ2) is 4.71. The maximum atomic E-state index is 12.8. The van der Waals surface area contributed by atoms with Gasteiger partial charge in [0.2, 0.25) is 0 Å². The van der Waals surface area contributed by atoms with Gasteiger partial charge in [0.25, 0.3) is 0 Å². The number of alkyl halides is 3. The Hall–Kier alpha value is -0.595. The van der Waals surface area contributed by atoms with Crippen LogP contribution in [0.2, 0.25) is 0 Å². The quantitative estimate of drug-likeness (QED) is 0.575. The molecule has 0 unspecified atom stereocenters. The molecule has 0 aromatic carbocycles. The van der Waals surface area contributed by atoms with Crippen LogP contribution in [-0.2, 0) is 15.5 Å². The molecule has 20 heavy (non-hydrogen) atoms. The van der Waals surface area contributed by atoms with Crippen LogP contribution in [0.25, 0.3) is 0 Å². The maximum absolute atomic E-state index is 12.8. The van der Waals surface area contributed by atoms with Gasteiger partial charge in [-0.2, -0.15) is 13.2 Å². The van der Waals surface area contributed by atoms with E-state index in [1.807, 2.05) is 27.7 Å². The van der Waals surface area contributed by atoms with Crippen LogP contribution in [0.15, 0.2) is 16.7 Å². The van der Waals surface area contributed by atoms with E-state index in [9.17, 15) is 13.2 Å². The van der Waals surface area contributed by atoms with Crippen molar-refractivity contribution in [2.75, 3.05) is 0 Å². The Morgan fingerprint density at radius 1 is 1.10 bits per heavy atom. The zero-order valence-electron chi connectivity index (χ0n) is 11.5. The van der Waals surface area contributed by atoms with Crippen molar-refractivity contribution in [3.63, 3.8) is 0 Å². The Labute approximate surface area is 124 Å². The van der Waals surface area contributed by atoms with Gasteiger partial charge in [-0.05, 0) is 61.2 Å². The number of rotatable bonds is 1. The summed E-state index contributed by atoms with van der Waals surface area (Å²) in [5.41, 5.74) is -1.90. The van der Waals surface area contributed by atoms with Crippen LogP contribution in [0.1, 0.15) is 33.4 Å². The third-order valence-electron chi connectivity index (χ3n) is 3.63. The van der Waals surface area contributed by atoms with E-state index in [2.05, 4.69) is 20.9 Å². The monoisotopic (exact) mass is 351 g/mol. The summed E-state index contributed by atoms with van der Waals surface area (Å²) in [6.45, 7) is 7.36. The smallest absolute Gasteiger partial charge is 0.399 e. The van der Waals surface area contributed by atoms with Crippen molar-refractivity contribution in [1.82, 2.24) is 4.98 Å². The lowest BCUT2D eigenvalue weighted by Crippen LogP contribution is -2.41. The molecule has 0 spiro atoms. The molecule has 1 aromatic rings. The van der Waals surface area contributed by atoms with Crippen LogP contribution in [0.5, 0.6) is 0 Å². The minimum atomic E-state index is -4.51. The summed E-state index contributed by atoms with van der Waals surface area (Å²) < 4.78 is 49.9. The number of aromatic nitrogens is 1. The first-order valence-corrected chi connectivity index (χ1v) is 6.82. The molecule has 1 saturated heterocycles. The third-order valence-corrected chi connectivity index (χ3v) is 4.04. The predicted octanol–water partition coefficient (Wildman–Crippen LogP) is 3.16. The van der Waals surface area contributed by atoms with Crippen molar-refractivity contribution < 1.29 is 22.5 Å². The first-order chi connectivity index (χ1) is 8.92. The number of nitrogens with zero attached hydrogens (tertiary/aromatic N) is 1. The van der Waals surface area contributed by atoms with Gasteiger partial charge in [0.05, 0.1) is 11.2 Å². The summed E-state index contributed by atoms with van der Waals surface area (Å²) in [4.78, 5) is 3.43. The predicted molar refractivity (Wildman–Crippen MR) is 72.7 cm³/mol. The van der Waals surface area contributed by atoms with Gasteiger partial charge >= 0.3 is 13.3 Å². The molecule has 0 aliphatic carbocycles. The van der Waals surface area contributed by atoms with E-state index < -0.39 is 30.2 Å². The average Bonchev–Trinajstić information content (AvgIpc) is 2.46. The molecule has 0 bridgehead atoms.